The fourth-order valence-corrected chi connectivity index (χ4v) is 4.40. The first-order valence-electron chi connectivity index (χ1n) is 10.4. The van der Waals surface area contributed by atoms with Crippen molar-refractivity contribution < 1.29 is 24.6 Å². The summed E-state index contributed by atoms with van der Waals surface area (Å²) in [5.74, 6) is -1.47. The van der Waals surface area contributed by atoms with Gasteiger partial charge in [-0.3, -0.25) is 14.8 Å². The number of nitrogens with one attached hydrogen (secondary N) is 1. The Hall–Kier alpha value is -3.38. The third-order valence-corrected chi connectivity index (χ3v) is 6.11. The maximum absolute atomic E-state index is 12.6. The second-order valence-electron chi connectivity index (χ2n) is 8.06. The van der Waals surface area contributed by atoms with E-state index >= 15 is 0 Å². The summed E-state index contributed by atoms with van der Waals surface area (Å²) < 4.78 is 5.21. The topological polar surface area (TPSA) is 95.9 Å². The van der Waals surface area contributed by atoms with Gasteiger partial charge in [0.25, 0.3) is 0 Å². The fourth-order valence-electron chi connectivity index (χ4n) is 4.40. The van der Waals surface area contributed by atoms with Crippen LogP contribution in [0.25, 0.3) is 10.8 Å². The zero-order chi connectivity index (χ0) is 22.0. The molecule has 0 spiro atoms. The molecule has 1 fully saturated rings. The molecule has 0 heterocycles. The highest BCUT2D eigenvalue weighted by Crippen LogP contribution is 2.56. The molecule has 1 amide bonds. The minimum absolute atomic E-state index is 0.183. The van der Waals surface area contributed by atoms with Crippen molar-refractivity contribution in [2.24, 2.45) is 11.3 Å². The molecule has 1 saturated carbocycles. The summed E-state index contributed by atoms with van der Waals surface area (Å²) in [6.07, 6.45) is 1.15. The minimum atomic E-state index is -0.990. The Labute approximate surface area is 180 Å². The van der Waals surface area contributed by atoms with Crippen molar-refractivity contribution in [1.82, 2.24) is 5.48 Å². The second-order valence-corrected chi connectivity index (χ2v) is 8.06. The normalized spacial score (nSPS) is 19.7. The molecular weight excluding hydrogens is 394 g/mol. The average molecular weight is 419 g/mol. The van der Waals surface area contributed by atoms with Crippen LogP contribution in [0.5, 0.6) is 5.75 Å². The zero-order valence-electron chi connectivity index (χ0n) is 17.3. The van der Waals surface area contributed by atoms with Gasteiger partial charge in [-0.05, 0) is 53.3 Å². The molecule has 0 unspecified atom stereocenters. The third kappa shape index (κ3) is 3.99. The predicted octanol–water partition coefficient (Wildman–Crippen LogP) is 3.75. The summed E-state index contributed by atoms with van der Waals surface area (Å²) in [7, 11) is 0. The van der Waals surface area contributed by atoms with Crippen molar-refractivity contribution in [2.75, 3.05) is 6.61 Å². The van der Waals surface area contributed by atoms with Crippen molar-refractivity contribution in [2.45, 2.75) is 26.2 Å². The van der Waals surface area contributed by atoms with Gasteiger partial charge < -0.3 is 9.84 Å². The van der Waals surface area contributed by atoms with Crippen molar-refractivity contribution in [3.8, 4) is 5.75 Å². The number of phenolic OH excluding ortho intramolecular Hbond substituents is 1. The Morgan fingerprint density at radius 1 is 1.10 bits per heavy atom. The summed E-state index contributed by atoms with van der Waals surface area (Å²) in [5, 5.41) is 21.7. The van der Waals surface area contributed by atoms with Crippen LogP contribution in [0.1, 0.15) is 30.0 Å². The highest BCUT2D eigenvalue weighted by Gasteiger charge is 2.64. The van der Waals surface area contributed by atoms with E-state index in [0.29, 0.717) is 19.3 Å². The molecule has 1 aliphatic rings. The molecule has 160 valence electrons. The molecule has 0 aromatic heterocycles. The van der Waals surface area contributed by atoms with Crippen LogP contribution >= 0.6 is 0 Å². The molecule has 0 radical (unpaired) electrons. The fraction of sp³-hybridized carbons (Fsp3) is 0.280. The van der Waals surface area contributed by atoms with Gasteiger partial charge in [0.15, 0.2) is 0 Å². The number of hydrogen-bond donors (Lipinski definition) is 3. The average Bonchev–Trinajstić information content (AvgIpc) is 3.51. The van der Waals surface area contributed by atoms with Gasteiger partial charge in [-0.1, -0.05) is 54.6 Å². The number of phenols is 1. The number of carbonyl (C=O) groups is 2. The van der Waals surface area contributed by atoms with Crippen LogP contribution in [0.2, 0.25) is 0 Å². The molecule has 2 atom stereocenters. The molecule has 3 aromatic carbocycles. The van der Waals surface area contributed by atoms with Crippen molar-refractivity contribution in [3.63, 3.8) is 0 Å². The minimum Gasteiger partial charge on any atom is -0.508 e. The number of ether oxygens (including phenoxy) is 1. The van der Waals surface area contributed by atoms with Gasteiger partial charge in [0.05, 0.1) is 17.9 Å². The van der Waals surface area contributed by atoms with Crippen LogP contribution in [0.15, 0.2) is 60.7 Å². The number of carbonyl (C=O) groups excluding carboxylic acids is 2. The van der Waals surface area contributed by atoms with Crippen molar-refractivity contribution in [3.05, 3.63) is 77.4 Å². The number of hydrogen-bond acceptors (Lipinski definition) is 5. The largest absolute Gasteiger partial charge is 0.508 e. The monoisotopic (exact) mass is 419 g/mol. The maximum Gasteiger partial charge on any atom is 0.313 e. The number of amides is 1. The number of hydroxylamine groups is 1. The van der Waals surface area contributed by atoms with Gasteiger partial charge in [-0.2, -0.15) is 0 Å². The van der Waals surface area contributed by atoms with Crippen LogP contribution < -0.4 is 5.48 Å². The predicted molar refractivity (Wildman–Crippen MR) is 116 cm³/mol. The SMILES string of the molecule is CCOC(=O)[C@@]1(Cc2ccc(O)c(Cc3cccc4ccccc34)c2)C[C@@H]1C(=O)NO. The lowest BCUT2D eigenvalue weighted by atomic mass is 9.91. The van der Waals surface area contributed by atoms with E-state index in [0.717, 1.165) is 27.5 Å². The highest BCUT2D eigenvalue weighted by atomic mass is 16.5. The number of benzene rings is 3. The molecular formula is C25H25NO5. The molecule has 0 bridgehead atoms. The Morgan fingerprint density at radius 3 is 2.65 bits per heavy atom. The molecule has 3 N–H and O–H groups in total. The van der Waals surface area contributed by atoms with E-state index in [-0.39, 0.29) is 12.4 Å². The van der Waals surface area contributed by atoms with E-state index in [1.54, 1.807) is 24.5 Å². The Balaban J connectivity index is 1.63. The lowest BCUT2D eigenvalue weighted by Crippen LogP contribution is -2.30. The summed E-state index contributed by atoms with van der Waals surface area (Å²) in [6.45, 7) is 1.94. The number of aromatic hydroxyl groups is 1. The van der Waals surface area contributed by atoms with Gasteiger partial charge in [-0.25, -0.2) is 5.48 Å². The van der Waals surface area contributed by atoms with Crippen LogP contribution in [0, 0.1) is 11.3 Å². The molecule has 0 aliphatic heterocycles. The third-order valence-electron chi connectivity index (χ3n) is 6.11. The first-order chi connectivity index (χ1) is 15.0. The van der Waals surface area contributed by atoms with E-state index in [1.807, 2.05) is 30.3 Å². The Kier molecular flexibility index (Phi) is 5.65. The molecule has 31 heavy (non-hydrogen) atoms. The van der Waals surface area contributed by atoms with E-state index < -0.39 is 23.2 Å². The molecule has 0 saturated heterocycles. The van der Waals surface area contributed by atoms with Gasteiger partial charge in [-0.15, -0.1) is 0 Å². The Bertz CT molecular complexity index is 1140. The first kappa shape index (κ1) is 20.9. The second kappa shape index (κ2) is 8.40. The number of rotatable bonds is 7. The summed E-state index contributed by atoms with van der Waals surface area (Å²) >= 11 is 0. The molecule has 3 aromatic rings. The molecule has 6 heteroatoms. The maximum atomic E-state index is 12.6. The van der Waals surface area contributed by atoms with Gasteiger partial charge in [0.1, 0.15) is 5.75 Å². The van der Waals surface area contributed by atoms with E-state index in [9.17, 15) is 14.7 Å². The van der Waals surface area contributed by atoms with E-state index in [1.165, 1.54) is 0 Å². The van der Waals surface area contributed by atoms with Gasteiger partial charge in [0.2, 0.25) is 5.91 Å². The highest BCUT2D eigenvalue weighted by molar-refractivity contribution is 5.93. The summed E-state index contributed by atoms with van der Waals surface area (Å²) in [5.41, 5.74) is 3.33. The van der Waals surface area contributed by atoms with Crippen molar-refractivity contribution in [1.29, 1.82) is 0 Å². The lowest BCUT2D eigenvalue weighted by Gasteiger charge is -2.17. The van der Waals surface area contributed by atoms with Gasteiger partial charge in [0, 0.05) is 6.42 Å². The quantitative estimate of drug-likeness (QED) is 0.308. The van der Waals surface area contributed by atoms with Crippen LogP contribution in [-0.4, -0.2) is 28.8 Å². The van der Waals surface area contributed by atoms with Crippen LogP contribution in [0.3, 0.4) is 0 Å². The number of fused-ring (bicyclic) bond motifs is 1. The Morgan fingerprint density at radius 2 is 1.87 bits per heavy atom. The summed E-state index contributed by atoms with van der Waals surface area (Å²) in [4.78, 5) is 24.6. The van der Waals surface area contributed by atoms with E-state index in [2.05, 4.69) is 18.2 Å². The van der Waals surface area contributed by atoms with Crippen LogP contribution in [0.4, 0.5) is 0 Å². The van der Waals surface area contributed by atoms with Crippen molar-refractivity contribution >= 4 is 22.6 Å². The standard InChI is InChI=1S/C25H25NO5/c1-2-31-24(29)25(15-21(25)23(28)26-30)14-16-10-11-22(27)19(12-16)13-18-8-5-7-17-6-3-4-9-20(17)18/h3-12,21,27,30H,2,13-15H2,1H3,(H,26,28)/t21-,25+/m1/s1. The number of esters is 1. The summed E-state index contributed by atoms with van der Waals surface area (Å²) in [6, 6.07) is 19.4. The van der Waals surface area contributed by atoms with E-state index in [4.69, 9.17) is 9.94 Å². The zero-order valence-corrected chi connectivity index (χ0v) is 17.3. The first-order valence-corrected chi connectivity index (χ1v) is 10.4. The lowest BCUT2D eigenvalue weighted by molar-refractivity contribution is -0.152. The van der Waals surface area contributed by atoms with Gasteiger partial charge >= 0.3 is 5.97 Å². The molecule has 4 rings (SSSR count). The molecule has 6 nitrogen and oxygen atoms in total. The molecule has 1 aliphatic carbocycles. The smallest absolute Gasteiger partial charge is 0.313 e. The van der Waals surface area contributed by atoms with Crippen LogP contribution in [-0.2, 0) is 27.2 Å².